The Hall–Kier alpha value is -1.89. The van der Waals surface area contributed by atoms with Crippen molar-refractivity contribution in [1.29, 1.82) is 0 Å². The van der Waals surface area contributed by atoms with Gasteiger partial charge in [0, 0.05) is 24.6 Å². The highest BCUT2D eigenvalue weighted by atomic mass is 16.5. The van der Waals surface area contributed by atoms with Crippen LogP contribution in [0.4, 0.5) is 0 Å². The van der Waals surface area contributed by atoms with Crippen molar-refractivity contribution in [3.8, 4) is 0 Å². The number of nitrogens with one attached hydrogen (secondary N) is 1. The summed E-state index contributed by atoms with van der Waals surface area (Å²) in [6.45, 7) is 15.0. The molecule has 0 bridgehead atoms. The first-order valence-electron chi connectivity index (χ1n) is 12.9. The zero-order valence-corrected chi connectivity index (χ0v) is 22.2. The van der Waals surface area contributed by atoms with Gasteiger partial charge in [-0.3, -0.25) is 14.4 Å². The fraction of sp³-hybridized carbons (Fsp3) is 0.815. The molecule has 1 heterocycles. The lowest BCUT2D eigenvalue weighted by Gasteiger charge is -2.37. The number of carbonyl (C=O) groups is 3. The van der Waals surface area contributed by atoms with Crippen LogP contribution in [-0.4, -0.2) is 59.1 Å². The molecule has 5 atom stereocenters. The number of aliphatic hydroxyl groups is 1. The van der Waals surface area contributed by atoms with Crippen LogP contribution >= 0.6 is 0 Å². The second kappa shape index (κ2) is 11.7. The van der Waals surface area contributed by atoms with E-state index in [1.54, 1.807) is 11.8 Å². The lowest BCUT2D eigenvalue weighted by molar-refractivity contribution is -0.155. The van der Waals surface area contributed by atoms with E-state index in [9.17, 15) is 14.4 Å². The second-order valence-corrected chi connectivity index (χ2v) is 11.7. The van der Waals surface area contributed by atoms with E-state index in [1.807, 2.05) is 32.9 Å². The lowest BCUT2D eigenvalue weighted by Crippen LogP contribution is -2.54. The highest BCUT2D eigenvalue weighted by Gasteiger charge is 2.57. The van der Waals surface area contributed by atoms with Gasteiger partial charge in [0.15, 0.2) is 0 Å². The molecule has 1 aliphatic carbocycles. The number of carbonyl (C=O) groups excluding carboxylic acids is 3. The van der Waals surface area contributed by atoms with Crippen molar-refractivity contribution in [3.05, 3.63) is 12.2 Å². The minimum absolute atomic E-state index is 0.0306. The topological polar surface area (TPSA) is 95.9 Å². The van der Waals surface area contributed by atoms with E-state index in [4.69, 9.17) is 9.84 Å². The van der Waals surface area contributed by atoms with Crippen LogP contribution < -0.4 is 5.32 Å². The van der Waals surface area contributed by atoms with Crippen LogP contribution in [0, 0.1) is 29.1 Å². The minimum atomic E-state index is -0.656. The molecule has 2 aliphatic rings. The second-order valence-electron chi connectivity index (χ2n) is 11.7. The molecule has 1 fully saturated rings. The predicted molar refractivity (Wildman–Crippen MR) is 133 cm³/mol. The number of fused-ring (bicyclic) bond motifs is 1. The molecule has 1 saturated heterocycles. The maximum atomic E-state index is 13.7. The molecule has 1 aliphatic heterocycles. The van der Waals surface area contributed by atoms with Gasteiger partial charge in [0.05, 0.1) is 18.4 Å². The summed E-state index contributed by atoms with van der Waals surface area (Å²) < 4.78 is 5.38. The summed E-state index contributed by atoms with van der Waals surface area (Å²) in [5.41, 5.74) is -0.410. The fourth-order valence-electron chi connectivity index (χ4n) is 6.04. The van der Waals surface area contributed by atoms with E-state index in [0.717, 1.165) is 19.3 Å². The average Bonchev–Trinajstić information content (AvgIpc) is 3.00. The molecule has 7 nitrogen and oxygen atoms in total. The molecule has 0 aromatic carbocycles. The van der Waals surface area contributed by atoms with Crippen LogP contribution in [0.2, 0.25) is 0 Å². The Morgan fingerprint density at radius 1 is 1.09 bits per heavy atom. The first-order valence-corrected chi connectivity index (χ1v) is 12.9. The number of hydrogen-bond donors (Lipinski definition) is 2. The number of unbranched alkanes of at least 4 members (excludes halogenated alkanes) is 2. The van der Waals surface area contributed by atoms with Crippen LogP contribution in [0.5, 0.6) is 0 Å². The van der Waals surface area contributed by atoms with Gasteiger partial charge in [0.1, 0.15) is 6.04 Å². The van der Waals surface area contributed by atoms with Crippen molar-refractivity contribution in [1.82, 2.24) is 10.2 Å². The number of ether oxygens (including phenoxy) is 1. The van der Waals surface area contributed by atoms with E-state index in [2.05, 4.69) is 26.1 Å². The molecule has 2 N–H and O–H groups in total. The smallest absolute Gasteiger partial charge is 0.310 e. The van der Waals surface area contributed by atoms with Crippen molar-refractivity contribution in [2.24, 2.45) is 29.1 Å². The molecule has 0 aromatic rings. The summed E-state index contributed by atoms with van der Waals surface area (Å²) in [5, 5.41) is 12.3. The molecule has 0 aromatic heterocycles. The fourth-order valence-corrected chi connectivity index (χ4v) is 6.04. The Morgan fingerprint density at radius 2 is 1.76 bits per heavy atom. The molecule has 0 unspecified atom stereocenters. The first kappa shape index (κ1) is 28.3. The number of hydrogen-bond acceptors (Lipinski definition) is 5. The number of aliphatic hydroxyl groups excluding tert-OH is 1. The van der Waals surface area contributed by atoms with Gasteiger partial charge in [0.25, 0.3) is 0 Å². The highest BCUT2D eigenvalue weighted by molar-refractivity contribution is 5.96. The van der Waals surface area contributed by atoms with E-state index in [0.29, 0.717) is 19.4 Å². The Bertz CT molecular complexity index is 755. The molecule has 194 valence electrons. The quantitative estimate of drug-likeness (QED) is 0.268. The molecule has 0 radical (unpaired) electrons. The molecule has 2 amide bonds. The van der Waals surface area contributed by atoms with Gasteiger partial charge in [-0.15, -0.1) is 0 Å². The normalized spacial score (nSPS) is 27.0. The van der Waals surface area contributed by atoms with Gasteiger partial charge >= 0.3 is 5.97 Å². The summed E-state index contributed by atoms with van der Waals surface area (Å²) in [6.07, 6.45) is 7.64. The molecular weight excluding hydrogens is 432 g/mol. The van der Waals surface area contributed by atoms with E-state index >= 15 is 0 Å². The number of allylic oxidation sites excluding steroid dienone is 1. The first-order chi connectivity index (χ1) is 15.9. The van der Waals surface area contributed by atoms with Gasteiger partial charge in [-0.2, -0.15) is 0 Å². The third-order valence-electron chi connectivity index (χ3n) is 6.90. The van der Waals surface area contributed by atoms with Crippen molar-refractivity contribution in [2.75, 3.05) is 19.8 Å². The number of rotatable bonds is 11. The van der Waals surface area contributed by atoms with Crippen LogP contribution in [0.3, 0.4) is 0 Å². The lowest BCUT2D eigenvalue weighted by atomic mass is 9.69. The third-order valence-corrected chi connectivity index (χ3v) is 6.90. The molecule has 2 rings (SSSR count). The monoisotopic (exact) mass is 478 g/mol. The van der Waals surface area contributed by atoms with Crippen LogP contribution in [0.1, 0.15) is 80.6 Å². The summed E-state index contributed by atoms with van der Waals surface area (Å²) in [7, 11) is 0. The van der Waals surface area contributed by atoms with Crippen molar-refractivity contribution >= 4 is 17.8 Å². The average molecular weight is 479 g/mol. The van der Waals surface area contributed by atoms with E-state index in [1.165, 1.54) is 0 Å². The zero-order chi connectivity index (χ0) is 25.7. The largest absolute Gasteiger partial charge is 0.466 e. The minimum Gasteiger partial charge on any atom is -0.466 e. The number of amides is 2. The zero-order valence-electron chi connectivity index (χ0n) is 22.2. The summed E-state index contributed by atoms with van der Waals surface area (Å²) >= 11 is 0. The standard InChI is InChI=1S/C27H46N2O5/c1-8-18-13-14-19-21(20(18)25(33)34-9-2)24(32)29(15-11-10-12-16-30)22(19)23(31)28-27(6,7)17-26(3,4)5/h13-14,18-22,30H,8-12,15-17H2,1-7H3,(H,28,31)/t18-,19+,20-,21+,22+/m1/s1. The predicted octanol–water partition coefficient (Wildman–Crippen LogP) is 3.70. The Labute approximate surface area is 205 Å². The van der Waals surface area contributed by atoms with Gasteiger partial charge in [0.2, 0.25) is 11.8 Å². The van der Waals surface area contributed by atoms with Gasteiger partial charge < -0.3 is 20.1 Å². The number of nitrogens with zero attached hydrogens (tertiary/aromatic N) is 1. The van der Waals surface area contributed by atoms with Crippen molar-refractivity contribution in [3.63, 3.8) is 0 Å². The van der Waals surface area contributed by atoms with Crippen molar-refractivity contribution < 1.29 is 24.2 Å². The van der Waals surface area contributed by atoms with Gasteiger partial charge in [-0.05, 0) is 64.2 Å². The highest BCUT2D eigenvalue weighted by Crippen LogP contribution is 2.45. The Balaban J connectivity index is 2.39. The molecule has 34 heavy (non-hydrogen) atoms. The molecule has 0 spiro atoms. The Kier molecular flexibility index (Phi) is 9.75. The van der Waals surface area contributed by atoms with Gasteiger partial charge in [-0.1, -0.05) is 39.8 Å². The van der Waals surface area contributed by atoms with Crippen LogP contribution in [0.25, 0.3) is 0 Å². The van der Waals surface area contributed by atoms with E-state index < -0.39 is 23.4 Å². The SMILES string of the molecule is CCOC(=O)[C@H]1[C@H]2C(=O)N(CCCCCO)[C@H](C(=O)NC(C)(C)CC(C)(C)C)[C@H]2C=C[C@H]1CC. The number of esters is 1. The molecular formula is C27H46N2O5. The van der Waals surface area contributed by atoms with Crippen molar-refractivity contribution in [2.45, 2.75) is 92.2 Å². The Morgan fingerprint density at radius 3 is 2.32 bits per heavy atom. The number of likely N-dealkylation sites (tertiary alicyclic amines) is 1. The van der Waals surface area contributed by atoms with Crippen LogP contribution in [-0.2, 0) is 19.1 Å². The molecule has 0 saturated carbocycles. The van der Waals surface area contributed by atoms with E-state index in [-0.39, 0.29) is 48.2 Å². The maximum absolute atomic E-state index is 13.7. The summed E-state index contributed by atoms with van der Waals surface area (Å²) in [4.78, 5) is 42.1. The third kappa shape index (κ3) is 6.83. The summed E-state index contributed by atoms with van der Waals surface area (Å²) in [6, 6.07) is -0.656. The maximum Gasteiger partial charge on any atom is 0.310 e. The van der Waals surface area contributed by atoms with Gasteiger partial charge in [-0.25, -0.2) is 0 Å². The molecule has 7 heteroatoms. The summed E-state index contributed by atoms with van der Waals surface area (Å²) in [5.74, 6) is -2.27. The van der Waals surface area contributed by atoms with Crippen LogP contribution in [0.15, 0.2) is 12.2 Å².